The van der Waals surface area contributed by atoms with Crippen LogP contribution in [-0.2, 0) is 13.0 Å². The van der Waals surface area contributed by atoms with Gasteiger partial charge in [-0.15, -0.1) is 0 Å². The van der Waals surface area contributed by atoms with E-state index in [0.29, 0.717) is 17.3 Å². The zero-order chi connectivity index (χ0) is 17.2. The van der Waals surface area contributed by atoms with E-state index in [4.69, 9.17) is 4.52 Å². The van der Waals surface area contributed by atoms with Crippen LogP contribution in [0.5, 0.6) is 0 Å². The molecule has 6 nitrogen and oxygen atoms in total. The van der Waals surface area contributed by atoms with Crippen molar-refractivity contribution in [3.05, 3.63) is 71.2 Å². The van der Waals surface area contributed by atoms with Gasteiger partial charge in [0.1, 0.15) is 11.5 Å². The first-order chi connectivity index (χ1) is 12.2. The summed E-state index contributed by atoms with van der Waals surface area (Å²) in [5, 5.41) is 6.42. The van der Waals surface area contributed by atoms with E-state index < -0.39 is 0 Å². The highest BCUT2D eigenvalue weighted by atomic mass is 16.5. The molecule has 0 radical (unpaired) electrons. The smallest absolute Gasteiger partial charge is 0.275 e. The number of pyridine rings is 1. The Bertz CT molecular complexity index is 902. The number of hydrogen-bond donors (Lipinski definition) is 1. The molecule has 0 saturated carbocycles. The van der Waals surface area contributed by atoms with Crippen molar-refractivity contribution in [2.75, 3.05) is 16.8 Å². The van der Waals surface area contributed by atoms with Crippen LogP contribution in [0.15, 0.2) is 53.2 Å². The first-order valence-electron chi connectivity index (χ1n) is 8.21. The van der Waals surface area contributed by atoms with Crippen LogP contribution in [0, 0.1) is 6.92 Å². The van der Waals surface area contributed by atoms with Gasteiger partial charge in [0, 0.05) is 19.2 Å². The molecule has 0 unspecified atom stereocenters. The topological polar surface area (TPSA) is 71.3 Å². The third-order valence-electron chi connectivity index (χ3n) is 4.35. The minimum Gasteiger partial charge on any atom is -0.366 e. The van der Waals surface area contributed by atoms with Crippen LogP contribution >= 0.6 is 0 Å². The average Bonchev–Trinajstić information content (AvgIpc) is 3.06. The van der Waals surface area contributed by atoms with E-state index in [1.807, 2.05) is 6.07 Å². The summed E-state index contributed by atoms with van der Waals surface area (Å²) in [4.78, 5) is 18.8. The normalized spacial score (nSPS) is 13.4. The average molecular weight is 334 g/mol. The van der Waals surface area contributed by atoms with Crippen LogP contribution in [0.3, 0.4) is 0 Å². The first-order valence-corrected chi connectivity index (χ1v) is 8.21. The van der Waals surface area contributed by atoms with E-state index in [1.165, 1.54) is 11.1 Å². The van der Waals surface area contributed by atoms with Crippen LogP contribution in [0.2, 0.25) is 0 Å². The summed E-state index contributed by atoms with van der Waals surface area (Å²) in [6.45, 7) is 3.58. The molecule has 1 aliphatic heterocycles. The van der Waals surface area contributed by atoms with E-state index in [-0.39, 0.29) is 5.91 Å². The molecule has 25 heavy (non-hydrogen) atoms. The number of nitrogens with one attached hydrogen (secondary N) is 1. The van der Waals surface area contributed by atoms with Crippen LogP contribution in [-0.4, -0.2) is 22.6 Å². The van der Waals surface area contributed by atoms with E-state index in [2.05, 4.69) is 44.6 Å². The summed E-state index contributed by atoms with van der Waals surface area (Å²) < 4.78 is 4.94. The van der Waals surface area contributed by atoms with Crippen LogP contribution < -0.4 is 10.2 Å². The number of anilines is 2. The number of carbonyl (C=O) groups excluding carboxylic acids is 1. The predicted octanol–water partition coefficient (Wildman–Crippen LogP) is 3.19. The van der Waals surface area contributed by atoms with Crippen molar-refractivity contribution >= 4 is 17.4 Å². The molecule has 0 spiro atoms. The molecule has 126 valence electrons. The van der Waals surface area contributed by atoms with Gasteiger partial charge in [0.25, 0.3) is 5.91 Å². The second kappa shape index (κ2) is 6.39. The van der Waals surface area contributed by atoms with Crippen molar-refractivity contribution in [3.8, 4) is 0 Å². The maximum absolute atomic E-state index is 12.2. The molecule has 1 N–H and O–H groups in total. The molecule has 0 aliphatic carbocycles. The van der Waals surface area contributed by atoms with Crippen molar-refractivity contribution in [3.63, 3.8) is 0 Å². The van der Waals surface area contributed by atoms with E-state index in [0.717, 1.165) is 25.2 Å². The molecule has 0 atom stereocenters. The Morgan fingerprint density at radius 3 is 2.76 bits per heavy atom. The molecule has 1 aromatic carbocycles. The van der Waals surface area contributed by atoms with Crippen molar-refractivity contribution in [2.24, 2.45) is 0 Å². The Labute approximate surface area is 145 Å². The number of rotatable bonds is 3. The SMILES string of the molecule is Cc1cc(NC(=O)c2ccc(N3CCc4ccccc4C3)cn2)no1. The highest BCUT2D eigenvalue weighted by molar-refractivity contribution is 6.02. The van der Waals surface area contributed by atoms with Crippen molar-refractivity contribution in [2.45, 2.75) is 19.9 Å². The fourth-order valence-electron chi connectivity index (χ4n) is 3.03. The number of aryl methyl sites for hydroxylation is 1. The fraction of sp³-hybridized carbons (Fsp3) is 0.211. The van der Waals surface area contributed by atoms with Crippen LogP contribution in [0.1, 0.15) is 27.4 Å². The van der Waals surface area contributed by atoms with Gasteiger partial charge in [0.15, 0.2) is 5.82 Å². The third-order valence-corrected chi connectivity index (χ3v) is 4.35. The lowest BCUT2D eigenvalue weighted by atomic mass is 10.00. The van der Waals surface area contributed by atoms with Crippen molar-refractivity contribution < 1.29 is 9.32 Å². The summed E-state index contributed by atoms with van der Waals surface area (Å²) in [6, 6.07) is 13.8. The molecule has 2 aromatic heterocycles. The molecule has 3 heterocycles. The molecule has 0 saturated heterocycles. The van der Waals surface area contributed by atoms with E-state index in [1.54, 1.807) is 25.3 Å². The van der Waals surface area contributed by atoms with Gasteiger partial charge < -0.3 is 14.7 Å². The Balaban J connectivity index is 1.46. The minimum absolute atomic E-state index is 0.302. The van der Waals surface area contributed by atoms with Crippen LogP contribution in [0.4, 0.5) is 11.5 Å². The lowest BCUT2D eigenvalue weighted by Crippen LogP contribution is -2.30. The zero-order valence-corrected chi connectivity index (χ0v) is 13.9. The zero-order valence-electron chi connectivity index (χ0n) is 13.9. The molecular weight excluding hydrogens is 316 g/mol. The lowest BCUT2D eigenvalue weighted by Gasteiger charge is -2.30. The maximum atomic E-state index is 12.2. The van der Waals surface area contributed by atoms with Crippen molar-refractivity contribution in [1.29, 1.82) is 0 Å². The second-order valence-electron chi connectivity index (χ2n) is 6.12. The molecule has 0 bridgehead atoms. The summed E-state index contributed by atoms with van der Waals surface area (Å²) >= 11 is 0. The molecule has 1 amide bonds. The second-order valence-corrected chi connectivity index (χ2v) is 6.12. The minimum atomic E-state index is -0.302. The number of benzene rings is 1. The summed E-state index contributed by atoms with van der Waals surface area (Å²) in [7, 11) is 0. The molecule has 4 rings (SSSR count). The highest BCUT2D eigenvalue weighted by Crippen LogP contribution is 2.24. The van der Waals surface area contributed by atoms with Gasteiger partial charge in [-0.05, 0) is 36.6 Å². The van der Waals surface area contributed by atoms with Gasteiger partial charge in [-0.25, -0.2) is 4.98 Å². The standard InChI is InChI=1S/C19H18N4O2/c1-13-10-18(22-25-13)21-19(24)17-7-6-16(11-20-17)23-9-8-14-4-2-3-5-15(14)12-23/h2-7,10-11H,8-9,12H2,1H3,(H,21,22,24). The Hall–Kier alpha value is -3.15. The summed E-state index contributed by atoms with van der Waals surface area (Å²) in [5.41, 5.74) is 4.12. The number of carbonyl (C=O) groups is 1. The van der Waals surface area contributed by atoms with Gasteiger partial charge >= 0.3 is 0 Å². The first kappa shape index (κ1) is 15.4. The number of aromatic nitrogens is 2. The molecule has 6 heteroatoms. The number of nitrogens with zero attached hydrogens (tertiary/aromatic N) is 3. The molecule has 0 fully saturated rings. The molecular formula is C19H18N4O2. The van der Waals surface area contributed by atoms with Gasteiger partial charge in [-0.2, -0.15) is 0 Å². The summed E-state index contributed by atoms with van der Waals surface area (Å²) in [6.07, 6.45) is 2.76. The molecule has 1 aliphatic rings. The monoisotopic (exact) mass is 334 g/mol. The van der Waals surface area contributed by atoms with E-state index in [9.17, 15) is 4.79 Å². The number of hydrogen-bond acceptors (Lipinski definition) is 5. The van der Waals surface area contributed by atoms with Crippen molar-refractivity contribution in [1.82, 2.24) is 10.1 Å². The van der Waals surface area contributed by atoms with Gasteiger partial charge in [0.2, 0.25) is 0 Å². The Morgan fingerprint density at radius 1 is 1.20 bits per heavy atom. The number of fused-ring (bicyclic) bond motifs is 1. The number of amides is 1. The van der Waals surface area contributed by atoms with Gasteiger partial charge in [-0.3, -0.25) is 4.79 Å². The largest absolute Gasteiger partial charge is 0.366 e. The molecule has 3 aromatic rings. The van der Waals surface area contributed by atoms with Gasteiger partial charge in [-0.1, -0.05) is 29.4 Å². The lowest BCUT2D eigenvalue weighted by molar-refractivity contribution is 0.102. The van der Waals surface area contributed by atoms with Crippen LogP contribution in [0.25, 0.3) is 0 Å². The van der Waals surface area contributed by atoms with E-state index >= 15 is 0 Å². The summed E-state index contributed by atoms with van der Waals surface area (Å²) in [5.74, 6) is 0.730. The predicted molar refractivity (Wildman–Crippen MR) is 94.6 cm³/mol. The Morgan fingerprint density at radius 2 is 2.04 bits per heavy atom. The Kier molecular flexibility index (Phi) is 3.93. The third kappa shape index (κ3) is 3.24. The quantitative estimate of drug-likeness (QED) is 0.796. The fourth-order valence-corrected chi connectivity index (χ4v) is 3.03. The van der Waals surface area contributed by atoms with Gasteiger partial charge in [0.05, 0.1) is 11.9 Å². The highest BCUT2D eigenvalue weighted by Gasteiger charge is 2.17. The maximum Gasteiger partial charge on any atom is 0.275 e.